The van der Waals surface area contributed by atoms with Gasteiger partial charge in [-0.05, 0) is 50.2 Å². The molecule has 3 nitrogen and oxygen atoms in total. The third-order valence-corrected chi connectivity index (χ3v) is 4.45. The summed E-state index contributed by atoms with van der Waals surface area (Å²) in [5.74, 6) is 1.33. The van der Waals surface area contributed by atoms with E-state index in [9.17, 15) is 4.79 Å². The molecule has 1 amide bonds. The van der Waals surface area contributed by atoms with Crippen LogP contribution in [0.2, 0.25) is 5.02 Å². The van der Waals surface area contributed by atoms with E-state index in [1.54, 1.807) is 43.0 Å². The predicted octanol–water partition coefficient (Wildman–Crippen LogP) is 4.32. The van der Waals surface area contributed by atoms with Crippen LogP contribution < -0.4 is 10.1 Å². The van der Waals surface area contributed by atoms with Gasteiger partial charge in [0, 0.05) is 22.2 Å². The summed E-state index contributed by atoms with van der Waals surface area (Å²) in [5, 5.41) is 3.53. The predicted molar refractivity (Wildman–Crippen MR) is 96.5 cm³/mol. The first-order chi connectivity index (χ1) is 11.0. The summed E-state index contributed by atoms with van der Waals surface area (Å²) in [6, 6.07) is 15.3. The molecule has 0 fully saturated rings. The topological polar surface area (TPSA) is 38.3 Å². The second kappa shape index (κ2) is 8.85. The van der Waals surface area contributed by atoms with E-state index in [0.29, 0.717) is 17.3 Å². The maximum atomic E-state index is 12.0. The van der Waals surface area contributed by atoms with Crippen LogP contribution in [0.15, 0.2) is 53.4 Å². The molecule has 0 heterocycles. The van der Waals surface area contributed by atoms with Crippen LogP contribution in [0.4, 0.5) is 0 Å². The minimum atomic E-state index is -0.541. The third-order valence-electron chi connectivity index (χ3n) is 3.19. The summed E-state index contributed by atoms with van der Waals surface area (Å²) in [6.45, 7) is 4.40. The van der Waals surface area contributed by atoms with Gasteiger partial charge in [-0.2, -0.15) is 0 Å². The lowest BCUT2D eigenvalue weighted by Gasteiger charge is -2.14. The number of hydrogen-bond donors (Lipinski definition) is 1. The van der Waals surface area contributed by atoms with Crippen LogP contribution in [0, 0.1) is 6.92 Å². The Morgan fingerprint density at radius 2 is 1.83 bits per heavy atom. The van der Waals surface area contributed by atoms with Crippen molar-refractivity contribution in [2.45, 2.75) is 24.8 Å². The van der Waals surface area contributed by atoms with Crippen molar-refractivity contribution < 1.29 is 9.53 Å². The fourth-order valence-electron chi connectivity index (χ4n) is 1.89. The van der Waals surface area contributed by atoms with E-state index < -0.39 is 6.10 Å². The summed E-state index contributed by atoms with van der Waals surface area (Å²) in [4.78, 5) is 13.2. The number of nitrogens with one attached hydrogen (secondary N) is 1. The number of rotatable bonds is 7. The Balaban J connectivity index is 1.69. The van der Waals surface area contributed by atoms with Crippen molar-refractivity contribution >= 4 is 29.3 Å². The highest BCUT2D eigenvalue weighted by molar-refractivity contribution is 7.99. The van der Waals surface area contributed by atoms with Gasteiger partial charge in [-0.25, -0.2) is 0 Å². The van der Waals surface area contributed by atoms with Crippen LogP contribution in [0.3, 0.4) is 0 Å². The summed E-state index contributed by atoms with van der Waals surface area (Å²) in [5.41, 5.74) is 1.25. The fourth-order valence-corrected chi connectivity index (χ4v) is 2.79. The highest BCUT2D eigenvalue weighted by atomic mass is 35.5. The molecule has 0 radical (unpaired) electrons. The molecule has 0 spiro atoms. The first kappa shape index (κ1) is 17.7. The minimum absolute atomic E-state index is 0.121. The number of amides is 1. The number of thioether (sulfide) groups is 1. The molecule has 2 aromatic rings. The Bertz CT molecular complexity index is 628. The smallest absolute Gasteiger partial charge is 0.260 e. The summed E-state index contributed by atoms with van der Waals surface area (Å²) >= 11 is 7.54. The van der Waals surface area contributed by atoms with Gasteiger partial charge in [0.15, 0.2) is 6.10 Å². The molecule has 0 aliphatic heterocycles. The monoisotopic (exact) mass is 349 g/mol. The standard InChI is InChI=1S/C18H20ClNO2S/c1-13-3-9-17(10-4-13)23-12-11-20-18(21)14(2)22-16-7-5-15(19)6-8-16/h3-10,14H,11-12H2,1-2H3,(H,20,21)/t14-/m0/s1. The van der Waals surface area contributed by atoms with E-state index in [-0.39, 0.29) is 5.91 Å². The van der Waals surface area contributed by atoms with E-state index in [1.165, 1.54) is 10.5 Å². The number of carbonyl (C=O) groups excluding carboxylic acids is 1. The third kappa shape index (κ3) is 6.16. The van der Waals surface area contributed by atoms with E-state index in [0.717, 1.165) is 5.75 Å². The zero-order valence-corrected chi connectivity index (χ0v) is 14.8. The number of carbonyl (C=O) groups is 1. The zero-order valence-electron chi connectivity index (χ0n) is 13.2. The summed E-state index contributed by atoms with van der Waals surface area (Å²) in [6.07, 6.45) is -0.541. The molecule has 122 valence electrons. The Kier molecular flexibility index (Phi) is 6.81. The quantitative estimate of drug-likeness (QED) is 0.597. The van der Waals surface area contributed by atoms with Crippen molar-refractivity contribution in [2.24, 2.45) is 0 Å². The van der Waals surface area contributed by atoms with Crippen molar-refractivity contribution in [2.75, 3.05) is 12.3 Å². The van der Waals surface area contributed by atoms with Gasteiger partial charge in [0.2, 0.25) is 0 Å². The lowest BCUT2D eigenvalue weighted by Crippen LogP contribution is -2.37. The Morgan fingerprint density at radius 3 is 2.48 bits per heavy atom. The number of halogens is 1. The van der Waals surface area contributed by atoms with Gasteiger partial charge < -0.3 is 10.1 Å². The van der Waals surface area contributed by atoms with E-state index >= 15 is 0 Å². The highest BCUT2D eigenvalue weighted by Crippen LogP contribution is 2.18. The fraction of sp³-hybridized carbons (Fsp3) is 0.278. The molecule has 2 rings (SSSR count). The van der Waals surface area contributed by atoms with Crippen LogP contribution in [-0.4, -0.2) is 24.3 Å². The molecular formula is C18H20ClNO2S. The lowest BCUT2D eigenvalue weighted by molar-refractivity contribution is -0.127. The largest absolute Gasteiger partial charge is 0.481 e. The second-order valence-corrected chi connectivity index (χ2v) is 6.77. The van der Waals surface area contributed by atoms with Gasteiger partial charge in [-0.1, -0.05) is 29.3 Å². The summed E-state index contributed by atoms with van der Waals surface area (Å²) in [7, 11) is 0. The van der Waals surface area contributed by atoms with Crippen LogP contribution in [0.25, 0.3) is 0 Å². The maximum absolute atomic E-state index is 12.0. The van der Waals surface area contributed by atoms with E-state index in [2.05, 4.69) is 36.5 Å². The molecule has 1 N–H and O–H groups in total. The highest BCUT2D eigenvalue weighted by Gasteiger charge is 2.13. The first-order valence-electron chi connectivity index (χ1n) is 7.44. The average molecular weight is 350 g/mol. The van der Waals surface area contributed by atoms with Gasteiger partial charge in [-0.15, -0.1) is 11.8 Å². The van der Waals surface area contributed by atoms with E-state index in [1.807, 2.05) is 0 Å². The molecule has 0 aromatic heterocycles. The van der Waals surface area contributed by atoms with Gasteiger partial charge >= 0.3 is 0 Å². The zero-order chi connectivity index (χ0) is 16.7. The van der Waals surface area contributed by atoms with Gasteiger partial charge in [0.05, 0.1) is 0 Å². The number of hydrogen-bond acceptors (Lipinski definition) is 3. The van der Waals surface area contributed by atoms with Crippen LogP contribution >= 0.6 is 23.4 Å². The Hall–Kier alpha value is -1.65. The van der Waals surface area contributed by atoms with Crippen molar-refractivity contribution in [3.63, 3.8) is 0 Å². The van der Waals surface area contributed by atoms with E-state index in [4.69, 9.17) is 16.3 Å². The van der Waals surface area contributed by atoms with Gasteiger partial charge in [0.25, 0.3) is 5.91 Å². The molecule has 0 saturated carbocycles. The Labute approximate surface area is 146 Å². The SMILES string of the molecule is Cc1ccc(SCCNC(=O)[C@H](C)Oc2ccc(Cl)cc2)cc1. The molecule has 23 heavy (non-hydrogen) atoms. The normalized spacial score (nSPS) is 11.8. The molecular weight excluding hydrogens is 330 g/mol. The minimum Gasteiger partial charge on any atom is -0.481 e. The van der Waals surface area contributed by atoms with Crippen LogP contribution in [0.1, 0.15) is 12.5 Å². The lowest BCUT2D eigenvalue weighted by atomic mass is 10.2. The van der Waals surface area contributed by atoms with Gasteiger partial charge in [0.1, 0.15) is 5.75 Å². The summed E-state index contributed by atoms with van der Waals surface area (Å²) < 4.78 is 5.58. The molecule has 0 aliphatic rings. The average Bonchev–Trinajstić information content (AvgIpc) is 2.55. The molecule has 2 aromatic carbocycles. The molecule has 1 atom stereocenters. The van der Waals surface area contributed by atoms with Crippen molar-refractivity contribution in [1.82, 2.24) is 5.32 Å². The second-order valence-electron chi connectivity index (χ2n) is 5.17. The molecule has 5 heteroatoms. The number of benzene rings is 2. The van der Waals surface area contributed by atoms with Gasteiger partial charge in [-0.3, -0.25) is 4.79 Å². The van der Waals surface area contributed by atoms with Crippen LogP contribution in [-0.2, 0) is 4.79 Å². The molecule has 0 aliphatic carbocycles. The number of aryl methyl sites for hydroxylation is 1. The molecule has 0 saturated heterocycles. The first-order valence-corrected chi connectivity index (χ1v) is 8.80. The van der Waals surface area contributed by atoms with Crippen LogP contribution in [0.5, 0.6) is 5.75 Å². The van der Waals surface area contributed by atoms with Crippen molar-refractivity contribution in [3.05, 3.63) is 59.1 Å². The molecule has 0 bridgehead atoms. The van der Waals surface area contributed by atoms with Crippen molar-refractivity contribution in [1.29, 1.82) is 0 Å². The number of ether oxygens (including phenoxy) is 1. The Morgan fingerprint density at radius 1 is 1.17 bits per heavy atom. The molecule has 0 unspecified atom stereocenters. The maximum Gasteiger partial charge on any atom is 0.260 e. The van der Waals surface area contributed by atoms with Crippen molar-refractivity contribution in [3.8, 4) is 5.75 Å².